The smallest absolute Gasteiger partial charge is 0.408 e. The Bertz CT molecular complexity index is 847. The zero-order chi connectivity index (χ0) is 26.4. The number of likely N-dealkylation sites (N-methyl/N-ethyl adjacent to an activating group) is 1. The Morgan fingerprint density at radius 1 is 1.00 bits per heavy atom. The summed E-state index contributed by atoms with van der Waals surface area (Å²) in [4.78, 5) is 41.7. The predicted molar refractivity (Wildman–Crippen MR) is 137 cm³/mol. The first-order valence-corrected chi connectivity index (χ1v) is 12.2. The highest BCUT2D eigenvalue weighted by Gasteiger charge is 2.39. The number of hydrogen-bond donors (Lipinski definition) is 2. The van der Waals surface area contributed by atoms with Crippen LogP contribution in [0.4, 0.5) is 4.79 Å². The van der Waals surface area contributed by atoms with Crippen LogP contribution in [-0.2, 0) is 14.3 Å². The zero-order valence-corrected chi connectivity index (χ0v) is 23.0. The molecule has 0 radical (unpaired) electrons. The summed E-state index contributed by atoms with van der Waals surface area (Å²) in [6.07, 6.45) is 0.0244. The highest BCUT2D eigenvalue weighted by molar-refractivity contribution is 5.93. The lowest BCUT2D eigenvalue weighted by molar-refractivity contribution is -0.143. The van der Waals surface area contributed by atoms with Gasteiger partial charge in [-0.05, 0) is 84.9 Å². The first kappa shape index (κ1) is 29.5. The van der Waals surface area contributed by atoms with E-state index in [0.29, 0.717) is 13.0 Å². The molecule has 7 heteroatoms. The average molecular weight is 476 g/mol. The second-order valence-corrected chi connectivity index (χ2v) is 11.1. The van der Waals surface area contributed by atoms with Gasteiger partial charge >= 0.3 is 6.09 Å². The summed E-state index contributed by atoms with van der Waals surface area (Å²) in [5.41, 5.74) is 1.50. The molecule has 192 valence electrons. The van der Waals surface area contributed by atoms with E-state index in [0.717, 1.165) is 16.7 Å². The standard InChI is InChI=1S/C27H45N3O4/c1-12-17(3)21(28-25(33)34-27(9,10)11)24(32)30(13-2)22(23(31)29-26(6,7)8)20-18(4)15-14-16-19(20)5/h14-17,21-22H,12-13H2,1-11H3,(H,28,33)(H,29,31). The van der Waals surface area contributed by atoms with Gasteiger partial charge in [-0.3, -0.25) is 9.59 Å². The second kappa shape index (κ2) is 11.7. The molecule has 3 amide bonds. The SMILES string of the molecule is CCC(C)C(NC(=O)OC(C)(C)C)C(=O)N(CC)C(C(=O)NC(C)(C)C)c1c(C)cccc1C. The Balaban J connectivity index is 3.53. The van der Waals surface area contributed by atoms with Crippen molar-refractivity contribution in [2.75, 3.05) is 6.54 Å². The minimum absolute atomic E-state index is 0.154. The number of hydrogen-bond acceptors (Lipinski definition) is 4. The highest BCUT2D eigenvalue weighted by atomic mass is 16.6. The molecular formula is C27H45N3O4. The van der Waals surface area contributed by atoms with Crippen molar-refractivity contribution in [2.24, 2.45) is 5.92 Å². The molecule has 7 nitrogen and oxygen atoms in total. The molecule has 1 aromatic carbocycles. The fourth-order valence-corrected chi connectivity index (χ4v) is 3.89. The molecule has 0 aromatic heterocycles. The first-order chi connectivity index (χ1) is 15.5. The van der Waals surface area contributed by atoms with Gasteiger partial charge in [0.1, 0.15) is 17.7 Å². The summed E-state index contributed by atoms with van der Waals surface area (Å²) in [6, 6.07) is 4.18. The lowest BCUT2D eigenvalue weighted by atomic mass is 9.91. The van der Waals surface area contributed by atoms with E-state index in [2.05, 4.69) is 10.6 Å². The average Bonchev–Trinajstić information content (AvgIpc) is 2.67. The molecular weight excluding hydrogens is 430 g/mol. The van der Waals surface area contributed by atoms with Crippen molar-refractivity contribution in [2.45, 2.75) is 106 Å². The molecule has 1 aromatic rings. The third kappa shape index (κ3) is 8.33. The Morgan fingerprint density at radius 2 is 1.53 bits per heavy atom. The van der Waals surface area contributed by atoms with Gasteiger partial charge < -0.3 is 20.3 Å². The summed E-state index contributed by atoms with van der Waals surface area (Å²) in [6.45, 7) is 21.0. The van der Waals surface area contributed by atoms with E-state index >= 15 is 0 Å². The van der Waals surface area contributed by atoms with E-state index in [4.69, 9.17) is 4.74 Å². The molecule has 3 unspecified atom stereocenters. The Kier molecular flexibility index (Phi) is 10.2. The van der Waals surface area contributed by atoms with Crippen molar-refractivity contribution in [3.63, 3.8) is 0 Å². The van der Waals surface area contributed by atoms with Crippen LogP contribution in [0.1, 0.15) is 91.5 Å². The van der Waals surface area contributed by atoms with E-state index in [-0.39, 0.29) is 17.7 Å². The molecule has 0 saturated heterocycles. The quantitative estimate of drug-likeness (QED) is 0.551. The van der Waals surface area contributed by atoms with Crippen LogP contribution in [0.25, 0.3) is 0 Å². The van der Waals surface area contributed by atoms with Crippen LogP contribution in [0, 0.1) is 19.8 Å². The van der Waals surface area contributed by atoms with Gasteiger partial charge in [0.2, 0.25) is 11.8 Å². The maximum Gasteiger partial charge on any atom is 0.408 e. The number of amides is 3. The van der Waals surface area contributed by atoms with Gasteiger partial charge in [-0.2, -0.15) is 0 Å². The molecule has 34 heavy (non-hydrogen) atoms. The third-order valence-corrected chi connectivity index (χ3v) is 5.65. The van der Waals surface area contributed by atoms with Crippen molar-refractivity contribution < 1.29 is 19.1 Å². The topological polar surface area (TPSA) is 87.7 Å². The molecule has 0 fully saturated rings. The minimum Gasteiger partial charge on any atom is -0.444 e. The predicted octanol–water partition coefficient (Wildman–Crippen LogP) is 5.05. The van der Waals surface area contributed by atoms with Gasteiger partial charge in [0.05, 0.1) is 0 Å². The van der Waals surface area contributed by atoms with Crippen molar-refractivity contribution >= 4 is 17.9 Å². The molecule has 0 aliphatic carbocycles. The first-order valence-electron chi connectivity index (χ1n) is 12.2. The number of aryl methyl sites for hydroxylation is 2. The molecule has 0 bridgehead atoms. The summed E-state index contributed by atoms with van der Waals surface area (Å²) in [5.74, 6) is -0.710. The zero-order valence-electron chi connectivity index (χ0n) is 23.0. The van der Waals surface area contributed by atoms with Gasteiger partial charge in [-0.25, -0.2) is 4.79 Å². The van der Waals surface area contributed by atoms with E-state index in [1.807, 2.05) is 73.6 Å². The number of alkyl carbamates (subject to hydrolysis) is 1. The van der Waals surface area contributed by atoms with Crippen LogP contribution in [0.2, 0.25) is 0 Å². The van der Waals surface area contributed by atoms with Crippen LogP contribution in [-0.4, -0.2) is 46.5 Å². The number of rotatable bonds is 8. The highest BCUT2D eigenvalue weighted by Crippen LogP contribution is 2.30. The van der Waals surface area contributed by atoms with Crippen LogP contribution in [0.3, 0.4) is 0 Å². The Morgan fingerprint density at radius 3 is 1.94 bits per heavy atom. The van der Waals surface area contributed by atoms with Crippen LogP contribution in [0.15, 0.2) is 18.2 Å². The number of nitrogens with zero attached hydrogens (tertiary/aromatic N) is 1. The molecule has 2 N–H and O–H groups in total. The largest absolute Gasteiger partial charge is 0.444 e. The maximum atomic E-state index is 14.0. The Hall–Kier alpha value is -2.57. The molecule has 0 heterocycles. The minimum atomic E-state index is -0.829. The summed E-state index contributed by atoms with van der Waals surface area (Å²) < 4.78 is 5.42. The number of nitrogens with one attached hydrogen (secondary N) is 2. The number of carbonyl (C=O) groups is 3. The Labute approximate surface area is 206 Å². The molecule has 0 aliphatic rings. The van der Waals surface area contributed by atoms with Crippen LogP contribution >= 0.6 is 0 Å². The lowest BCUT2D eigenvalue weighted by Gasteiger charge is -2.37. The molecule has 1 rings (SSSR count). The molecule has 3 atom stereocenters. The van der Waals surface area contributed by atoms with Crippen molar-refractivity contribution in [3.8, 4) is 0 Å². The molecule has 0 saturated carbocycles. The fourth-order valence-electron chi connectivity index (χ4n) is 3.89. The van der Waals surface area contributed by atoms with Gasteiger partial charge in [0.25, 0.3) is 0 Å². The monoisotopic (exact) mass is 475 g/mol. The lowest BCUT2D eigenvalue weighted by Crippen LogP contribution is -2.56. The number of benzene rings is 1. The van der Waals surface area contributed by atoms with E-state index < -0.39 is 29.3 Å². The normalized spacial score (nSPS) is 14.6. The van der Waals surface area contributed by atoms with Gasteiger partial charge in [0.15, 0.2) is 0 Å². The maximum absolute atomic E-state index is 14.0. The van der Waals surface area contributed by atoms with Gasteiger partial charge in [-0.1, -0.05) is 38.5 Å². The summed E-state index contributed by atoms with van der Waals surface area (Å²) in [5, 5.41) is 5.83. The molecule has 0 aliphatic heterocycles. The van der Waals surface area contributed by atoms with Crippen molar-refractivity contribution in [1.82, 2.24) is 15.5 Å². The van der Waals surface area contributed by atoms with Gasteiger partial charge in [-0.15, -0.1) is 0 Å². The summed E-state index contributed by atoms with van der Waals surface area (Å²) in [7, 11) is 0. The van der Waals surface area contributed by atoms with E-state index in [1.165, 1.54) is 0 Å². The number of ether oxygens (including phenoxy) is 1. The summed E-state index contributed by atoms with van der Waals surface area (Å²) >= 11 is 0. The molecule has 0 spiro atoms. The fraction of sp³-hybridized carbons (Fsp3) is 0.667. The van der Waals surface area contributed by atoms with E-state index in [9.17, 15) is 14.4 Å². The second-order valence-electron chi connectivity index (χ2n) is 11.1. The van der Waals surface area contributed by atoms with Crippen LogP contribution in [0.5, 0.6) is 0 Å². The van der Waals surface area contributed by atoms with E-state index in [1.54, 1.807) is 25.7 Å². The van der Waals surface area contributed by atoms with Crippen LogP contribution < -0.4 is 10.6 Å². The van der Waals surface area contributed by atoms with Crippen molar-refractivity contribution in [1.29, 1.82) is 0 Å². The van der Waals surface area contributed by atoms with Crippen molar-refractivity contribution in [3.05, 3.63) is 34.9 Å². The number of carbonyl (C=O) groups excluding carboxylic acids is 3. The van der Waals surface area contributed by atoms with Gasteiger partial charge in [0, 0.05) is 12.1 Å². The third-order valence-electron chi connectivity index (χ3n) is 5.65.